The second-order valence-electron chi connectivity index (χ2n) is 7.42. The van der Waals surface area contributed by atoms with Crippen LogP contribution in [0.25, 0.3) is 5.69 Å². The standard InChI is InChI=1S/C22H24F3N5O3S/c1-4-29(5-2)34(32,33)17-12-10-16(11-13-17)15(3)26-21(31)19-14-30(28-27-19)20-9-7-6-8-18(20)22(23,24)25/h6-15H,4-5H2,1-3H3,(H,26,31). The molecule has 0 spiro atoms. The molecule has 12 heteroatoms. The largest absolute Gasteiger partial charge is 0.418 e. The SMILES string of the molecule is CCN(CC)S(=O)(=O)c1ccc(C(C)NC(=O)c2cn(-c3ccccc3C(F)(F)F)nn2)cc1. The number of para-hydroxylation sites is 1. The maximum absolute atomic E-state index is 13.3. The molecule has 0 saturated carbocycles. The molecule has 1 unspecified atom stereocenters. The van der Waals surface area contributed by atoms with Crippen LogP contribution in [0.15, 0.2) is 59.6 Å². The fraction of sp³-hybridized carbons (Fsp3) is 0.318. The van der Waals surface area contributed by atoms with Gasteiger partial charge in [-0.15, -0.1) is 5.10 Å². The van der Waals surface area contributed by atoms with E-state index in [1.54, 1.807) is 32.9 Å². The Kier molecular flexibility index (Phi) is 7.41. The zero-order valence-corrected chi connectivity index (χ0v) is 19.6. The summed E-state index contributed by atoms with van der Waals surface area (Å²) in [6.45, 7) is 5.90. The molecule has 1 amide bonds. The highest BCUT2D eigenvalue weighted by Crippen LogP contribution is 2.33. The van der Waals surface area contributed by atoms with E-state index in [1.807, 2.05) is 0 Å². The van der Waals surface area contributed by atoms with Crippen LogP contribution in [-0.4, -0.2) is 46.7 Å². The minimum absolute atomic E-state index is 0.143. The number of rotatable bonds is 8. The van der Waals surface area contributed by atoms with Crippen molar-refractivity contribution < 1.29 is 26.4 Å². The fourth-order valence-corrected chi connectivity index (χ4v) is 4.85. The molecule has 3 aromatic rings. The molecular weight excluding hydrogens is 471 g/mol. The lowest BCUT2D eigenvalue weighted by Crippen LogP contribution is -2.30. The van der Waals surface area contributed by atoms with Crippen LogP contribution in [0.5, 0.6) is 0 Å². The molecule has 0 bridgehead atoms. The van der Waals surface area contributed by atoms with Crippen molar-refractivity contribution in [1.29, 1.82) is 0 Å². The zero-order valence-electron chi connectivity index (χ0n) is 18.7. The number of hydrogen-bond acceptors (Lipinski definition) is 5. The van der Waals surface area contributed by atoms with Gasteiger partial charge in [-0.3, -0.25) is 4.79 Å². The van der Waals surface area contributed by atoms with Crippen molar-refractivity contribution in [3.8, 4) is 5.69 Å². The highest BCUT2D eigenvalue weighted by Gasteiger charge is 2.34. The number of nitrogens with one attached hydrogen (secondary N) is 1. The van der Waals surface area contributed by atoms with E-state index in [2.05, 4.69) is 15.6 Å². The molecule has 2 aromatic carbocycles. The summed E-state index contributed by atoms with van der Waals surface area (Å²) >= 11 is 0. The first-order valence-electron chi connectivity index (χ1n) is 10.5. The lowest BCUT2D eigenvalue weighted by Gasteiger charge is -2.19. The molecule has 1 aromatic heterocycles. The highest BCUT2D eigenvalue weighted by atomic mass is 32.2. The minimum Gasteiger partial charge on any atom is -0.344 e. The summed E-state index contributed by atoms with van der Waals surface area (Å²) in [5.41, 5.74) is -0.675. The van der Waals surface area contributed by atoms with Crippen LogP contribution >= 0.6 is 0 Å². The molecule has 0 aliphatic rings. The first-order valence-corrected chi connectivity index (χ1v) is 11.9. The van der Waals surface area contributed by atoms with Crippen molar-refractivity contribution in [3.63, 3.8) is 0 Å². The third-order valence-corrected chi connectivity index (χ3v) is 7.32. The molecule has 0 aliphatic carbocycles. The third kappa shape index (κ3) is 5.28. The Morgan fingerprint density at radius 1 is 1.09 bits per heavy atom. The van der Waals surface area contributed by atoms with E-state index in [0.717, 1.165) is 16.9 Å². The molecule has 0 fully saturated rings. The molecule has 182 valence electrons. The first-order chi connectivity index (χ1) is 16.0. The monoisotopic (exact) mass is 495 g/mol. The van der Waals surface area contributed by atoms with Crippen LogP contribution in [0.3, 0.4) is 0 Å². The Hall–Kier alpha value is -3.25. The van der Waals surface area contributed by atoms with Gasteiger partial charge in [0.05, 0.1) is 28.4 Å². The van der Waals surface area contributed by atoms with Gasteiger partial charge in [-0.25, -0.2) is 13.1 Å². The predicted molar refractivity (Wildman–Crippen MR) is 119 cm³/mol. The Morgan fingerprint density at radius 3 is 2.29 bits per heavy atom. The van der Waals surface area contributed by atoms with Crippen LogP contribution in [0, 0.1) is 0 Å². The van der Waals surface area contributed by atoms with Gasteiger partial charge in [0, 0.05) is 13.1 Å². The van der Waals surface area contributed by atoms with E-state index in [0.29, 0.717) is 18.7 Å². The molecule has 8 nitrogen and oxygen atoms in total. The Bertz CT molecular complexity index is 1250. The molecule has 0 radical (unpaired) electrons. The van der Waals surface area contributed by atoms with Crippen molar-refractivity contribution in [2.75, 3.05) is 13.1 Å². The van der Waals surface area contributed by atoms with E-state index >= 15 is 0 Å². The second kappa shape index (κ2) is 9.94. The lowest BCUT2D eigenvalue weighted by molar-refractivity contribution is -0.137. The summed E-state index contributed by atoms with van der Waals surface area (Å²) < 4.78 is 67.3. The van der Waals surface area contributed by atoms with Crippen LogP contribution in [0.1, 0.15) is 48.4 Å². The predicted octanol–water partition coefficient (Wildman–Crippen LogP) is 3.81. The third-order valence-electron chi connectivity index (χ3n) is 5.25. The van der Waals surface area contributed by atoms with Crippen molar-refractivity contribution in [1.82, 2.24) is 24.6 Å². The molecule has 0 saturated heterocycles. The van der Waals surface area contributed by atoms with Crippen LogP contribution in [-0.2, 0) is 16.2 Å². The van der Waals surface area contributed by atoms with Gasteiger partial charge < -0.3 is 5.32 Å². The number of hydrogen-bond donors (Lipinski definition) is 1. The van der Waals surface area contributed by atoms with Gasteiger partial charge in [-0.05, 0) is 36.8 Å². The number of aromatic nitrogens is 3. The van der Waals surface area contributed by atoms with Crippen molar-refractivity contribution in [2.24, 2.45) is 0 Å². The lowest BCUT2D eigenvalue weighted by atomic mass is 10.1. The fourth-order valence-electron chi connectivity index (χ4n) is 3.39. The summed E-state index contributed by atoms with van der Waals surface area (Å²) in [5.74, 6) is -0.636. The molecule has 1 N–H and O–H groups in total. The van der Waals surface area contributed by atoms with Crippen molar-refractivity contribution in [3.05, 3.63) is 71.5 Å². The van der Waals surface area contributed by atoms with Gasteiger partial charge in [0.15, 0.2) is 5.69 Å². The average Bonchev–Trinajstić information content (AvgIpc) is 3.29. The van der Waals surface area contributed by atoms with Crippen molar-refractivity contribution in [2.45, 2.75) is 37.9 Å². The maximum Gasteiger partial charge on any atom is 0.418 e. The quantitative estimate of drug-likeness (QED) is 0.513. The number of sulfonamides is 1. The summed E-state index contributed by atoms with van der Waals surface area (Å²) in [7, 11) is -3.60. The number of amides is 1. The van der Waals surface area contributed by atoms with Gasteiger partial charge in [-0.2, -0.15) is 17.5 Å². The Labute approximate surface area is 195 Å². The van der Waals surface area contributed by atoms with Gasteiger partial charge in [0.25, 0.3) is 5.91 Å². The first kappa shape index (κ1) is 25.4. The number of halogens is 3. The summed E-state index contributed by atoms with van der Waals surface area (Å²) in [4.78, 5) is 12.7. The van der Waals surface area contributed by atoms with E-state index in [9.17, 15) is 26.4 Å². The van der Waals surface area contributed by atoms with Crippen LogP contribution in [0.4, 0.5) is 13.2 Å². The van der Waals surface area contributed by atoms with Gasteiger partial charge in [-0.1, -0.05) is 43.3 Å². The summed E-state index contributed by atoms with van der Waals surface area (Å²) in [5, 5.41) is 10.1. The average molecular weight is 496 g/mol. The molecule has 3 rings (SSSR count). The molecular formula is C22H24F3N5O3S. The maximum atomic E-state index is 13.3. The van der Waals surface area contributed by atoms with Gasteiger partial charge >= 0.3 is 6.18 Å². The smallest absolute Gasteiger partial charge is 0.344 e. The Balaban J connectivity index is 1.75. The second-order valence-corrected chi connectivity index (χ2v) is 9.35. The van der Waals surface area contributed by atoms with E-state index < -0.39 is 33.7 Å². The number of carbonyl (C=O) groups excluding carboxylic acids is 1. The molecule has 0 aliphatic heterocycles. The Morgan fingerprint density at radius 2 is 1.71 bits per heavy atom. The number of alkyl halides is 3. The summed E-state index contributed by atoms with van der Waals surface area (Å²) in [6, 6.07) is 10.4. The molecule has 1 atom stereocenters. The van der Waals surface area contributed by atoms with Crippen LogP contribution < -0.4 is 5.32 Å². The van der Waals surface area contributed by atoms with E-state index in [4.69, 9.17) is 0 Å². The minimum atomic E-state index is -4.59. The van der Waals surface area contributed by atoms with Crippen LogP contribution in [0.2, 0.25) is 0 Å². The van der Waals surface area contributed by atoms with Gasteiger partial charge in [0.2, 0.25) is 10.0 Å². The molecule has 1 heterocycles. The van der Waals surface area contributed by atoms with E-state index in [1.165, 1.54) is 34.6 Å². The normalized spacial score (nSPS) is 13.1. The zero-order chi connectivity index (χ0) is 25.1. The number of nitrogens with zero attached hydrogens (tertiary/aromatic N) is 4. The topological polar surface area (TPSA) is 97.2 Å². The number of benzene rings is 2. The van der Waals surface area contributed by atoms with E-state index in [-0.39, 0.29) is 16.3 Å². The van der Waals surface area contributed by atoms with Crippen molar-refractivity contribution >= 4 is 15.9 Å². The highest BCUT2D eigenvalue weighted by molar-refractivity contribution is 7.89. The summed E-state index contributed by atoms with van der Waals surface area (Å²) in [6.07, 6.45) is -3.48. The van der Waals surface area contributed by atoms with Gasteiger partial charge in [0.1, 0.15) is 0 Å². The number of carbonyl (C=O) groups is 1. The molecule has 34 heavy (non-hydrogen) atoms.